The van der Waals surface area contributed by atoms with E-state index in [1.54, 1.807) is 0 Å². The van der Waals surface area contributed by atoms with Crippen LogP contribution in [-0.4, -0.2) is 28.7 Å². The third kappa shape index (κ3) is 4.23. The highest BCUT2D eigenvalue weighted by Gasteiger charge is 2.42. The molecule has 1 aromatic carbocycles. The predicted molar refractivity (Wildman–Crippen MR) is 96.1 cm³/mol. The summed E-state index contributed by atoms with van der Waals surface area (Å²) in [5, 5.41) is 12.6. The van der Waals surface area contributed by atoms with Gasteiger partial charge in [-0.2, -0.15) is 13.2 Å². The second-order valence-corrected chi connectivity index (χ2v) is 7.39. The fraction of sp³-hybridized carbons (Fsp3) is 0.316. The molecule has 0 amide bonds. The van der Waals surface area contributed by atoms with Crippen molar-refractivity contribution in [1.82, 2.24) is 4.98 Å². The molecule has 0 aliphatic heterocycles. The van der Waals surface area contributed by atoms with Crippen molar-refractivity contribution in [1.29, 1.82) is 0 Å². The number of benzene rings is 1. The van der Waals surface area contributed by atoms with E-state index in [1.165, 1.54) is 43.5 Å². The van der Waals surface area contributed by atoms with Crippen LogP contribution in [0.5, 0.6) is 0 Å². The zero-order valence-corrected chi connectivity index (χ0v) is 15.1. The average Bonchev–Trinajstić information content (AvgIpc) is 3.01. The molecule has 0 saturated heterocycles. The summed E-state index contributed by atoms with van der Waals surface area (Å²) < 4.78 is 46.6. The van der Waals surface area contributed by atoms with Crippen LogP contribution in [0.4, 0.5) is 13.2 Å². The van der Waals surface area contributed by atoms with Gasteiger partial charge in [-0.15, -0.1) is 11.3 Å². The first-order chi connectivity index (χ1) is 12.1. The molecular formula is C19H18F3NO2S. The predicted octanol–water partition coefficient (Wildman–Crippen LogP) is 5.35. The van der Waals surface area contributed by atoms with Gasteiger partial charge < -0.3 is 9.84 Å². The summed E-state index contributed by atoms with van der Waals surface area (Å²) in [4.78, 5) is 4.26. The minimum atomic E-state index is -4.50. The second kappa shape index (κ2) is 6.98. The van der Waals surface area contributed by atoms with Crippen LogP contribution in [-0.2, 0) is 4.74 Å². The molecule has 0 aliphatic rings. The van der Waals surface area contributed by atoms with Crippen molar-refractivity contribution in [2.75, 3.05) is 6.61 Å². The van der Waals surface area contributed by atoms with Crippen LogP contribution < -0.4 is 0 Å². The van der Waals surface area contributed by atoms with E-state index in [0.29, 0.717) is 5.69 Å². The summed E-state index contributed by atoms with van der Waals surface area (Å²) in [6.07, 6.45) is -3.13. The molecule has 138 valence electrons. The Morgan fingerprint density at radius 1 is 1.19 bits per heavy atom. The molecule has 0 spiro atoms. The summed E-state index contributed by atoms with van der Waals surface area (Å²) in [5.74, 6) is -3.49. The second-order valence-electron chi connectivity index (χ2n) is 6.47. The molecule has 3 rings (SSSR count). The monoisotopic (exact) mass is 381 g/mol. The SMILES string of the molecule is CC(C)(O)OCC(c1ccnc(-c2cccc3ccsc23)c1)C(F)(F)F. The maximum absolute atomic E-state index is 13.5. The summed E-state index contributed by atoms with van der Waals surface area (Å²) in [6, 6.07) is 10.4. The smallest absolute Gasteiger partial charge is 0.366 e. The molecule has 0 fully saturated rings. The van der Waals surface area contributed by atoms with Gasteiger partial charge in [-0.05, 0) is 48.4 Å². The Bertz CT molecular complexity index is 899. The number of pyridine rings is 1. The van der Waals surface area contributed by atoms with Crippen LogP contribution in [0.25, 0.3) is 21.3 Å². The Kier molecular flexibility index (Phi) is 5.05. The quantitative estimate of drug-likeness (QED) is 0.606. The van der Waals surface area contributed by atoms with Gasteiger partial charge in [-0.1, -0.05) is 18.2 Å². The molecule has 7 heteroatoms. The van der Waals surface area contributed by atoms with E-state index in [2.05, 4.69) is 4.98 Å². The normalized spacial score (nSPS) is 13.9. The highest BCUT2D eigenvalue weighted by Crippen LogP contribution is 2.38. The fourth-order valence-corrected chi connectivity index (χ4v) is 3.60. The molecule has 3 nitrogen and oxygen atoms in total. The number of nitrogens with zero attached hydrogens (tertiary/aromatic N) is 1. The zero-order valence-electron chi connectivity index (χ0n) is 14.2. The Balaban J connectivity index is 2.00. The maximum atomic E-state index is 13.5. The minimum Gasteiger partial charge on any atom is -0.366 e. The van der Waals surface area contributed by atoms with E-state index in [4.69, 9.17) is 4.74 Å². The highest BCUT2D eigenvalue weighted by atomic mass is 32.1. The van der Waals surface area contributed by atoms with E-state index in [1.807, 2.05) is 29.6 Å². The number of hydrogen-bond acceptors (Lipinski definition) is 4. The summed E-state index contributed by atoms with van der Waals surface area (Å²) in [6.45, 7) is 1.94. The number of fused-ring (bicyclic) bond motifs is 1. The van der Waals surface area contributed by atoms with Crippen molar-refractivity contribution in [3.63, 3.8) is 0 Å². The van der Waals surface area contributed by atoms with Crippen LogP contribution >= 0.6 is 11.3 Å². The van der Waals surface area contributed by atoms with E-state index >= 15 is 0 Å². The van der Waals surface area contributed by atoms with E-state index in [9.17, 15) is 18.3 Å². The largest absolute Gasteiger partial charge is 0.397 e. The van der Waals surface area contributed by atoms with Crippen LogP contribution in [0.3, 0.4) is 0 Å². The molecule has 3 aromatic rings. The lowest BCUT2D eigenvalue weighted by Crippen LogP contribution is -2.31. The number of alkyl halides is 3. The molecule has 1 N–H and O–H groups in total. The number of ether oxygens (including phenoxy) is 1. The third-order valence-electron chi connectivity index (χ3n) is 3.94. The lowest BCUT2D eigenvalue weighted by atomic mass is 9.98. The van der Waals surface area contributed by atoms with Crippen molar-refractivity contribution >= 4 is 21.4 Å². The standard InChI is InChI=1S/C19H18F3NO2S/c1-18(2,24)25-11-15(19(20,21)22)13-6-8-23-16(10-13)14-5-3-4-12-7-9-26-17(12)14/h3-10,15,24H,11H2,1-2H3. The van der Waals surface area contributed by atoms with Crippen LogP contribution in [0.1, 0.15) is 25.3 Å². The average molecular weight is 381 g/mol. The summed E-state index contributed by atoms with van der Waals surface area (Å²) in [5.41, 5.74) is 1.33. The van der Waals surface area contributed by atoms with Gasteiger partial charge in [0.15, 0.2) is 5.79 Å². The van der Waals surface area contributed by atoms with Crippen molar-refractivity contribution in [3.8, 4) is 11.3 Å². The van der Waals surface area contributed by atoms with Crippen molar-refractivity contribution in [2.45, 2.75) is 31.7 Å². The van der Waals surface area contributed by atoms with E-state index in [0.717, 1.165) is 15.6 Å². The lowest BCUT2D eigenvalue weighted by Gasteiger charge is -2.25. The molecular weight excluding hydrogens is 363 g/mol. The van der Waals surface area contributed by atoms with Crippen LogP contribution in [0.15, 0.2) is 48.0 Å². The lowest BCUT2D eigenvalue weighted by molar-refractivity contribution is -0.214. The molecule has 2 aromatic heterocycles. The number of rotatable bonds is 5. The van der Waals surface area contributed by atoms with Gasteiger partial charge in [0.1, 0.15) is 5.92 Å². The first-order valence-corrected chi connectivity index (χ1v) is 8.89. The van der Waals surface area contributed by atoms with Crippen molar-refractivity contribution in [2.24, 2.45) is 0 Å². The summed E-state index contributed by atoms with van der Waals surface area (Å²) in [7, 11) is 0. The molecule has 0 saturated carbocycles. The first kappa shape index (κ1) is 18.8. The number of thiophene rings is 1. The molecule has 1 atom stereocenters. The number of hydrogen-bond donors (Lipinski definition) is 1. The van der Waals surface area contributed by atoms with Crippen molar-refractivity contribution in [3.05, 3.63) is 53.5 Å². The van der Waals surface area contributed by atoms with E-state index < -0.39 is 24.5 Å². The third-order valence-corrected chi connectivity index (χ3v) is 4.90. The van der Waals surface area contributed by atoms with Gasteiger partial charge >= 0.3 is 6.18 Å². The van der Waals surface area contributed by atoms with Gasteiger partial charge in [0.2, 0.25) is 0 Å². The number of aromatic nitrogens is 1. The molecule has 26 heavy (non-hydrogen) atoms. The number of halogens is 3. The van der Waals surface area contributed by atoms with Gasteiger partial charge in [0.05, 0.1) is 12.3 Å². The fourth-order valence-electron chi connectivity index (χ4n) is 2.67. The van der Waals surface area contributed by atoms with E-state index in [-0.39, 0.29) is 5.56 Å². The minimum absolute atomic E-state index is 0.0558. The Morgan fingerprint density at radius 2 is 1.96 bits per heavy atom. The van der Waals surface area contributed by atoms with Gasteiger partial charge in [-0.3, -0.25) is 4.98 Å². The van der Waals surface area contributed by atoms with Crippen LogP contribution in [0, 0.1) is 0 Å². The topological polar surface area (TPSA) is 42.4 Å². The zero-order chi connectivity index (χ0) is 18.9. The van der Waals surface area contributed by atoms with Crippen molar-refractivity contribution < 1.29 is 23.0 Å². The van der Waals surface area contributed by atoms with Crippen LogP contribution in [0.2, 0.25) is 0 Å². The highest BCUT2D eigenvalue weighted by molar-refractivity contribution is 7.17. The van der Waals surface area contributed by atoms with Gasteiger partial charge in [-0.25, -0.2) is 0 Å². The Hall–Kier alpha value is -1.96. The molecule has 0 radical (unpaired) electrons. The Labute approximate surface area is 153 Å². The molecule has 2 heterocycles. The number of aliphatic hydroxyl groups is 1. The molecule has 0 bridgehead atoms. The van der Waals surface area contributed by atoms with Gasteiger partial charge in [0, 0.05) is 16.5 Å². The summed E-state index contributed by atoms with van der Waals surface area (Å²) >= 11 is 1.52. The van der Waals surface area contributed by atoms with Gasteiger partial charge in [0.25, 0.3) is 0 Å². The molecule has 1 unspecified atom stereocenters. The first-order valence-electron chi connectivity index (χ1n) is 8.01. The Morgan fingerprint density at radius 3 is 2.65 bits per heavy atom. The molecule has 0 aliphatic carbocycles. The maximum Gasteiger partial charge on any atom is 0.397 e.